The monoisotopic (exact) mass is 312 g/mol. The molecule has 0 unspecified atom stereocenters. The lowest BCUT2D eigenvalue weighted by atomic mass is 9.85. The molecule has 3 atom stereocenters. The summed E-state index contributed by atoms with van der Waals surface area (Å²) in [6.07, 6.45) is 9.62. The number of hydrogen-bond donors (Lipinski definition) is 0. The smallest absolute Gasteiger partial charge is 0.347 e. The van der Waals surface area contributed by atoms with Crippen LogP contribution in [0.25, 0.3) is 0 Å². The maximum Gasteiger partial charge on any atom is 0.347 e. The van der Waals surface area contributed by atoms with Crippen LogP contribution in [0.3, 0.4) is 0 Å². The van der Waals surface area contributed by atoms with Gasteiger partial charge >= 0.3 is 11.9 Å². The minimum atomic E-state index is -0.710. The summed E-state index contributed by atoms with van der Waals surface area (Å²) in [5, 5.41) is 0. The maximum atomic E-state index is 12.0. The van der Waals surface area contributed by atoms with Crippen molar-refractivity contribution in [3.05, 3.63) is 0 Å². The maximum absolute atomic E-state index is 12.0. The Bertz CT molecular complexity index is 340. The lowest BCUT2D eigenvalue weighted by molar-refractivity contribution is -0.181. The lowest BCUT2D eigenvalue weighted by Gasteiger charge is -2.31. The molecule has 4 heteroatoms. The molecule has 0 aromatic heterocycles. The van der Waals surface area contributed by atoms with E-state index in [9.17, 15) is 9.59 Å². The van der Waals surface area contributed by atoms with E-state index < -0.39 is 12.1 Å². The van der Waals surface area contributed by atoms with Gasteiger partial charge in [0.15, 0.2) is 0 Å². The fraction of sp³-hybridized carbons (Fsp3) is 0.889. The van der Waals surface area contributed by atoms with Gasteiger partial charge in [0.25, 0.3) is 0 Å². The molecule has 22 heavy (non-hydrogen) atoms. The highest BCUT2D eigenvalue weighted by atomic mass is 16.6. The third-order valence-corrected chi connectivity index (χ3v) is 4.42. The van der Waals surface area contributed by atoms with Crippen molar-refractivity contribution in [2.75, 3.05) is 6.61 Å². The predicted octanol–water partition coefficient (Wildman–Crippen LogP) is 4.26. The van der Waals surface area contributed by atoms with Crippen molar-refractivity contribution in [1.82, 2.24) is 0 Å². The Kier molecular flexibility index (Phi) is 9.17. The topological polar surface area (TPSA) is 52.6 Å². The molecule has 128 valence electrons. The third-order valence-electron chi connectivity index (χ3n) is 4.42. The first-order valence-corrected chi connectivity index (χ1v) is 8.97. The highest BCUT2D eigenvalue weighted by Crippen LogP contribution is 2.30. The Morgan fingerprint density at radius 1 is 1.14 bits per heavy atom. The number of carbonyl (C=O) groups excluding carboxylic acids is 2. The van der Waals surface area contributed by atoms with Crippen LogP contribution >= 0.6 is 0 Å². The lowest BCUT2D eigenvalue weighted by Crippen LogP contribution is -2.42. The summed E-state index contributed by atoms with van der Waals surface area (Å²) in [6, 6.07) is 0. The van der Waals surface area contributed by atoms with Crippen molar-refractivity contribution in [3.8, 4) is 0 Å². The summed E-state index contributed by atoms with van der Waals surface area (Å²) in [6.45, 7) is 6.27. The van der Waals surface area contributed by atoms with E-state index in [1.807, 2.05) is 6.92 Å². The number of unbranched alkanes of at least 4 members (excludes halogenated alkanes) is 6. The molecule has 1 aliphatic rings. The summed E-state index contributed by atoms with van der Waals surface area (Å²) in [5.74, 6) is -0.623. The average Bonchev–Trinajstić information content (AvgIpc) is 2.49. The van der Waals surface area contributed by atoms with Gasteiger partial charge in [-0.1, -0.05) is 58.8 Å². The van der Waals surface area contributed by atoms with Crippen molar-refractivity contribution in [2.45, 2.75) is 84.7 Å². The second kappa shape index (κ2) is 10.6. The Hall–Kier alpha value is -1.06. The van der Waals surface area contributed by atoms with Crippen LogP contribution in [0.2, 0.25) is 0 Å². The highest BCUT2D eigenvalue weighted by molar-refractivity contribution is 5.82. The molecule has 0 bridgehead atoms. The quantitative estimate of drug-likeness (QED) is 0.447. The van der Waals surface area contributed by atoms with Gasteiger partial charge in [-0.3, -0.25) is 4.79 Å². The molecule has 0 amide bonds. The summed E-state index contributed by atoms with van der Waals surface area (Å²) in [4.78, 5) is 23.8. The molecule has 4 nitrogen and oxygen atoms in total. The predicted molar refractivity (Wildman–Crippen MR) is 86.4 cm³/mol. The fourth-order valence-electron chi connectivity index (χ4n) is 3.09. The molecule has 0 radical (unpaired) electrons. The first-order valence-electron chi connectivity index (χ1n) is 8.97. The Labute approximate surface area is 134 Å². The molecule has 0 spiro atoms. The second-order valence-electron chi connectivity index (χ2n) is 6.43. The zero-order chi connectivity index (χ0) is 16.4. The molecule has 1 fully saturated rings. The summed E-state index contributed by atoms with van der Waals surface area (Å²) in [7, 11) is 0. The van der Waals surface area contributed by atoms with Gasteiger partial charge < -0.3 is 9.47 Å². The van der Waals surface area contributed by atoms with Crippen LogP contribution in [0.4, 0.5) is 0 Å². The van der Waals surface area contributed by atoms with Gasteiger partial charge in [-0.25, -0.2) is 4.79 Å². The van der Waals surface area contributed by atoms with Crippen molar-refractivity contribution >= 4 is 11.9 Å². The molecule has 0 aromatic rings. The van der Waals surface area contributed by atoms with Gasteiger partial charge in [0, 0.05) is 5.92 Å². The van der Waals surface area contributed by atoms with E-state index in [4.69, 9.17) is 9.47 Å². The van der Waals surface area contributed by atoms with Crippen molar-refractivity contribution in [3.63, 3.8) is 0 Å². The Balaban J connectivity index is 2.24. The molecule has 1 aliphatic heterocycles. The first-order chi connectivity index (χ1) is 10.6. The van der Waals surface area contributed by atoms with E-state index in [1.165, 1.54) is 38.5 Å². The van der Waals surface area contributed by atoms with Crippen LogP contribution in [0, 0.1) is 11.8 Å². The van der Waals surface area contributed by atoms with E-state index in [2.05, 4.69) is 6.92 Å². The normalized spacial score (nSPS) is 24.9. The molecule has 0 N–H and O–H groups in total. The van der Waals surface area contributed by atoms with Gasteiger partial charge in [0.05, 0.1) is 12.5 Å². The van der Waals surface area contributed by atoms with Crippen LogP contribution < -0.4 is 0 Å². The SMILES string of the molecule is CCCCCCCCC[C@@H]1C[C@H](C)[C@H](C(=O)OCC)OC1=O. The van der Waals surface area contributed by atoms with Gasteiger partial charge in [0.1, 0.15) is 0 Å². The summed E-state index contributed by atoms with van der Waals surface area (Å²) in [5.41, 5.74) is 0. The number of hydrogen-bond acceptors (Lipinski definition) is 4. The van der Waals surface area contributed by atoms with Gasteiger partial charge in [-0.2, -0.15) is 0 Å². The third kappa shape index (κ3) is 6.37. The van der Waals surface area contributed by atoms with E-state index >= 15 is 0 Å². The number of cyclic esters (lactones) is 1. The van der Waals surface area contributed by atoms with Crippen LogP contribution in [0.1, 0.15) is 78.6 Å². The van der Waals surface area contributed by atoms with Crippen molar-refractivity contribution in [2.24, 2.45) is 11.8 Å². The molecular weight excluding hydrogens is 280 g/mol. The van der Waals surface area contributed by atoms with Crippen molar-refractivity contribution < 1.29 is 19.1 Å². The highest BCUT2D eigenvalue weighted by Gasteiger charge is 2.39. The molecule has 1 heterocycles. The number of ether oxygens (including phenoxy) is 2. The molecule has 0 aromatic carbocycles. The zero-order valence-corrected chi connectivity index (χ0v) is 14.4. The number of carbonyl (C=O) groups is 2. The number of rotatable bonds is 10. The Morgan fingerprint density at radius 2 is 1.77 bits per heavy atom. The van der Waals surface area contributed by atoms with Gasteiger partial charge in [-0.15, -0.1) is 0 Å². The van der Waals surface area contributed by atoms with Gasteiger partial charge in [0.2, 0.25) is 6.10 Å². The number of esters is 2. The summed E-state index contributed by atoms with van der Waals surface area (Å²) >= 11 is 0. The molecule has 0 saturated carbocycles. The van der Waals surface area contributed by atoms with Crippen molar-refractivity contribution in [1.29, 1.82) is 0 Å². The van der Waals surface area contributed by atoms with Crippen LogP contribution in [-0.4, -0.2) is 24.6 Å². The van der Waals surface area contributed by atoms with Crippen LogP contribution in [-0.2, 0) is 19.1 Å². The first kappa shape index (κ1) is 19.0. The van der Waals surface area contributed by atoms with E-state index in [1.54, 1.807) is 6.92 Å². The Morgan fingerprint density at radius 3 is 2.41 bits per heavy atom. The van der Waals surface area contributed by atoms with Crippen LogP contribution in [0.5, 0.6) is 0 Å². The second-order valence-corrected chi connectivity index (χ2v) is 6.43. The minimum absolute atomic E-state index is 0.0451. The molecule has 1 saturated heterocycles. The summed E-state index contributed by atoms with van der Waals surface area (Å²) < 4.78 is 10.3. The molecular formula is C18H32O4. The molecule has 0 aliphatic carbocycles. The van der Waals surface area contributed by atoms with E-state index in [0.29, 0.717) is 6.61 Å². The van der Waals surface area contributed by atoms with E-state index in [0.717, 1.165) is 19.3 Å². The largest absolute Gasteiger partial charge is 0.463 e. The standard InChI is InChI=1S/C18H32O4/c1-4-6-7-8-9-10-11-12-15-13-14(3)16(22-17(15)19)18(20)21-5-2/h14-16H,4-13H2,1-3H3/t14-,15+,16+/m0/s1. The minimum Gasteiger partial charge on any atom is -0.463 e. The zero-order valence-electron chi connectivity index (χ0n) is 14.4. The average molecular weight is 312 g/mol. The van der Waals surface area contributed by atoms with E-state index in [-0.39, 0.29) is 17.8 Å². The fourth-order valence-corrected chi connectivity index (χ4v) is 3.09. The van der Waals surface area contributed by atoms with Gasteiger partial charge in [-0.05, 0) is 19.8 Å². The molecule has 1 rings (SSSR count). The van der Waals surface area contributed by atoms with Crippen LogP contribution in [0.15, 0.2) is 0 Å².